The minimum absolute atomic E-state index is 0.0955. The van der Waals surface area contributed by atoms with Crippen molar-refractivity contribution < 1.29 is 14.3 Å². The molecule has 0 saturated carbocycles. The van der Waals surface area contributed by atoms with E-state index in [1.54, 1.807) is 30.1 Å². The molecule has 4 aliphatic rings. The van der Waals surface area contributed by atoms with E-state index >= 15 is 0 Å². The Morgan fingerprint density at radius 3 is 2.63 bits per heavy atom. The van der Waals surface area contributed by atoms with Crippen molar-refractivity contribution in [1.82, 2.24) is 19.8 Å². The van der Waals surface area contributed by atoms with E-state index in [0.29, 0.717) is 33.7 Å². The highest BCUT2D eigenvalue weighted by atomic mass is 127. The third-order valence-corrected chi connectivity index (χ3v) is 8.43. The molecule has 5 rings (SSSR count). The zero-order valence-corrected chi connectivity index (χ0v) is 22.6. The summed E-state index contributed by atoms with van der Waals surface area (Å²) in [6.45, 7) is 2.48. The van der Waals surface area contributed by atoms with Crippen LogP contribution >= 0.6 is 34.2 Å². The number of anilines is 2. The van der Waals surface area contributed by atoms with Crippen LogP contribution in [0.1, 0.15) is 19.3 Å². The minimum Gasteiger partial charge on any atom is -0.475 e. The predicted molar refractivity (Wildman–Crippen MR) is 142 cm³/mol. The molecule has 1 aromatic heterocycles. The Kier molecular flexibility index (Phi) is 6.93. The van der Waals surface area contributed by atoms with Gasteiger partial charge in [-0.05, 0) is 25.0 Å². The van der Waals surface area contributed by atoms with E-state index in [-0.39, 0.29) is 29.5 Å². The van der Waals surface area contributed by atoms with Crippen molar-refractivity contribution in [2.45, 2.75) is 35.3 Å². The lowest BCUT2D eigenvalue weighted by Crippen LogP contribution is -2.46. The molecular weight excluding hydrogens is 583 g/mol. The second-order valence-electron chi connectivity index (χ2n) is 9.30. The first-order valence-electron chi connectivity index (χ1n) is 11.8. The van der Waals surface area contributed by atoms with Gasteiger partial charge in [0.15, 0.2) is 17.7 Å². The number of nitrogens with zero attached hydrogens (tertiary/aromatic N) is 5. The Morgan fingerprint density at radius 2 is 1.91 bits per heavy atom. The van der Waals surface area contributed by atoms with Crippen molar-refractivity contribution >= 4 is 57.8 Å². The number of fused-ring (bicyclic) bond motifs is 1. The van der Waals surface area contributed by atoms with Crippen LogP contribution in [0.2, 0.25) is 5.02 Å². The van der Waals surface area contributed by atoms with E-state index in [9.17, 15) is 9.59 Å². The summed E-state index contributed by atoms with van der Waals surface area (Å²) in [5.74, 6) is 1.00. The summed E-state index contributed by atoms with van der Waals surface area (Å²) in [6, 6.07) is -0.131. The number of nitrogens with one attached hydrogen (secondary N) is 1. The van der Waals surface area contributed by atoms with Gasteiger partial charge in [0.05, 0.1) is 12.2 Å². The molecule has 0 aromatic carbocycles. The first-order valence-corrected chi connectivity index (χ1v) is 13.4. The van der Waals surface area contributed by atoms with Crippen molar-refractivity contribution in [3.05, 3.63) is 47.0 Å². The van der Waals surface area contributed by atoms with E-state index in [2.05, 4.69) is 37.8 Å². The summed E-state index contributed by atoms with van der Waals surface area (Å²) in [4.78, 5) is 39.8. The summed E-state index contributed by atoms with van der Waals surface area (Å²) in [6.07, 6.45) is 11.6. The molecule has 3 atom stereocenters. The molecule has 1 aromatic rings. The van der Waals surface area contributed by atoms with Crippen LogP contribution in [-0.2, 0) is 14.3 Å². The quantitative estimate of drug-likeness (QED) is 0.405. The molecule has 11 heteroatoms. The van der Waals surface area contributed by atoms with E-state index in [1.807, 2.05) is 24.3 Å². The average molecular weight is 611 g/mol. The van der Waals surface area contributed by atoms with Crippen LogP contribution in [0.15, 0.2) is 42.0 Å². The number of halogens is 2. The number of hydrogen-bond donors (Lipinski definition) is 1. The van der Waals surface area contributed by atoms with Gasteiger partial charge in [0.1, 0.15) is 5.02 Å². The highest BCUT2D eigenvalue weighted by molar-refractivity contribution is 14.1. The number of hydrogen-bond acceptors (Lipinski definition) is 7. The number of amides is 2. The first kappa shape index (κ1) is 24.4. The maximum absolute atomic E-state index is 12.9. The van der Waals surface area contributed by atoms with Gasteiger partial charge in [0, 0.05) is 55.7 Å². The van der Waals surface area contributed by atoms with Crippen LogP contribution in [0, 0.1) is 5.92 Å². The molecule has 0 spiro atoms. The van der Waals surface area contributed by atoms with Crippen LogP contribution in [-0.4, -0.2) is 81.4 Å². The molecule has 3 aliphatic heterocycles. The van der Waals surface area contributed by atoms with Gasteiger partial charge >= 0.3 is 0 Å². The number of piperidine rings is 1. The smallest absolute Gasteiger partial charge is 0.288 e. The maximum Gasteiger partial charge on any atom is 0.288 e. The second-order valence-corrected chi connectivity index (χ2v) is 11.5. The molecule has 1 aliphatic carbocycles. The van der Waals surface area contributed by atoms with E-state index in [4.69, 9.17) is 21.3 Å². The lowest BCUT2D eigenvalue weighted by Gasteiger charge is -2.37. The molecule has 186 valence electrons. The van der Waals surface area contributed by atoms with Crippen LogP contribution in [0.5, 0.6) is 0 Å². The number of carbonyl (C=O) groups excluding carboxylic acids is 2. The van der Waals surface area contributed by atoms with Crippen molar-refractivity contribution in [2.75, 3.05) is 43.9 Å². The number of carbonyl (C=O) groups is 2. The van der Waals surface area contributed by atoms with Crippen LogP contribution in [0.3, 0.4) is 0 Å². The lowest BCUT2D eigenvalue weighted by atomic mass is 9.89. The van der Waals surface area contributed by atoms with E-state index in [0.717, 1.165) is 31.6 Å². The third-order valence-electron chi connectivity index (χ3n) is 6.91. The first-order chi connectivity index (χ1) is 16.8. The normalized spacial score (nSPS) is 27.1. The van der Waals surface area contributed by atoms with Crippen molar-refractivity contribution in [3.8, 4) is 0 Å². The molecule has 4 heterocycles. The number of likely N-dealkylation sites (N-methyl/N-ethyl adjacent to an activating group) is 2. The number of alkyl halides is 1. The lowest BCUT2D eigenvalue weighted by molar-refractivity contribution is -0.139. The maximum atomic E-state index is 12.9. The number of rotatable bonds is 5. The van der Waals surface area contributed by atoms with Gasteiger partial charge in [0.25, 0.3) is 11.8 Å². The van der Waals surface area contributed by atoms with Gasteiger partial charge in [-0.15, -0.1) is 0 Å². The second kappa shape index (κ2) is 9.96. The molecule has 2 unspecified atom stereocenters. The molecule has 35 heavy (non-hydrogen) atoms. The summed E-state index contributed by atoms with van der Waals surface area (Å²) in [7, 11) is 3.49. The highest BCUT2D eigenvalue weighted by Crippen LogP contribution is 2.32. The molecular formula is C24H28ClIN6O3. The van der Waals surface area contributed by atoms with Crippen LogP contribution in [0.25, 0.3) is 0 Å². The van der Waals surface area contributed by atoms with Gasteiger partial charge < -0.3 is 24.8 Å². The summed E-state index contributed by atoms with van der Waals surface area (Å²) >= 11 is 8.92. The van der Waals surface area contributed by atoms with Gasteiger partial charge in [-0.3, -0.25) is 9.59 Å². The molecule has 0 bridgehead atoms. The fraction of sp³-hybridized carbons (Fsp3) is 0.500. The van der Waals surface area contributed by atoms with Gasteiger partial charge in [-0.2, -0.15) is 4.98 Å². The third kappa shape index (κ3) is 5.00. The summed E-state index contributed by atoms with van der Waals surface area (Å²) < 4.78 is 6.58. The average Bonchev–Trinajstić information content (AvgIpc) is 3.16. The zero-order chi connectivity index (χ0) is 24.7. The van der Waals surface area contributed by atoms with Gasteiger partial charge in [-0.25, -0.2) is 4.98 Å². The summed E-state index contributed by atoms with van der Waals surface area (Å²) in [5.41, 5.74) is 0.818. The standard InChI is InChI=1S/C24H28ClIN6O3/c1-30-8-7-19(22(30)33)35-20-12-14-11-16(3-4-18(14)31(2)23(20)34)28-21-17(25)13-27-24(29-21)32-9-5-15(26)6-10-32/h3-4,11-15,18-19H,5-10H2,1-2H3,(H,27,28,29)/t14?,18?,19-/m0/s1. The van der Waals surface area contributed by atoms with Crippen LogP contribution < -0.4 is 10.2 Å². The molecule has 9 nitrogen and oxygen atoms in total. The summed E-state index contributed by atoms with van der Waals surface area (Å²) in [5, 5.41) is 3.76. The van der Waals surface area contributed by atoms with Gasteiger partial charge in [0.2, 0.25) is 5.95 Å². The van der Waals surface area contributed by atoms with Crippen molar-refractivity contribution in [1.29, 1.82) is 0 Å². The zero-order valence-electron chi connectivity index (χ0n) is 19.7. The SMILES string of the molecule is CN1CC[C@H](OC2=CC3C=C(Nc4nc(N5CCC(I)CC5)ncc4Cl)C=CC3N(C)C2=O)C1=O. The molecule has 2 fully saturated rings. The van der Waals surface area contributed by atoms with E-state index in [1.165, 1.54) is 0 Å². The van der Waals surface area contributed by atoms with Crippen molar-refractivity contribution in [2.24, 2.45) is 5.92 Å². The Bertz CT molecular complexity index is 1120. The molecule has 0 radical (unpaired) electrons. The topological polar surface area (TPSA) is 90.9 Å². The largest absolute Gasteiger partial charge is 0.475 e. The Morgan fingerprint density at radius 1 is 1.14 bits per heavy atom. The Balaban J connectivity index is 1.34. The van der Waals surface area contributed by atoms with E-state index < -0.39 is 6.10 Å². The van der Waals surface area contributed by atoms with Crippen LogP contribution in [0.4, 0.5) is 11.8 Å². The fourth-order valence-electron chi connectivity index (χ4n) is 4.79. The predicted octanol–water partition coefficient (Wildman–Crippen LogP) is 2.99. The number of aromatic nitrogens is 2. The fourth-order valence-corrected chi connectivity index (χ4v) is 5.49. The Labute approximate surface area is 223 Å². The number of likely N-dealkylation sites (tertiary alicyclic amines) is 1. The highest BCUT2D eigenvalue weighted by Gasteiger charge is 2.38. The number of ether oxygens (including phenoxy) is 1. The van der Waals surface area contributed by atoms with Gasteiger partial charge in [-0.1, -0.05) is 46.3 Å². The molecule has 2 amide bonds. The number of allylic oxidation sites excluding steroid dienone is 1. The minimum atomic E-state index is -0.614. The Hall–Kier alpha value is -2.34. The molecule has 2 saturated heterocycles. The monoisotopic (exact) mass is 610 g/mol. The van der Waals surface area contributed by atoms with Crippen molar-refractivity contribution in [3.63, 3.8) is 0 Å². The molecule has 1 N–H and O–H groups in total.